The Kier molecular flexibility index (Phi) is 2.97. The molecule has 0 bridgehead atoms. The van der Waals surface area contributed by atoms with Crippen molar-refractivity contribution in [2.75, 3.05) is 6.54 Å². The van der Waals surface area contributed by atoms with Crippen molar-refractivity contribution in [3.8, 4) is 12.3 Å². The van der Waals surface area contributed by atoms with Crippen molar-refractivity contribution >= 4 is 31.4 Å². The van der Waals surface area contributed by atoms with Crippen molar-refractivity contribution < 1.29 is 8.42 Å². The second-order valence-electron chi connectivity index (χ2n) is 3.12. The second-order valence-corrected chi connectivity index (χ2v) is 5.77. The lowest BCUT2D eigenvalue weighted by Gasteiger charge is -2.01. The van der Waals surface area contributed by atoms with Crippen LogP contribution >= 0.6 is 11.3 Å². The maximum atomic E-state index is 11.9. The van der Waals surface area contributed by atoms with Crippen LogP contribution in [0.25, 0.3) is 10.1 Å². The minimum absolute atomic E-state index is 0.00646. The van der Waals surface area contributed by atoms with Gasteiger partial charge in [-0.25, -0.2) is 8.42 Å². The first-order chi connectivity index (χ1) is 7.65. The highest BCUT2D eigenvalue weighted by atomic mass is 32.2. The van der Waals surface area contributed by atoms with Gasteiger partial charge < -0.3 is 0 Å². The molecule has 2 aromatic rings. The summed E-state index contributed by atoms with van der Waals surface area (Å²) in [5, 5.41) is 2.36. The van der Waals surface area contributed by atoms with Crippen molar-refractivity contribution in [2.45, 2.75) is 4.90 Å². The molecule has 0 amide bonds. The van der Waals surface area contributed by atoms with Gasteiger partial charge in [-0.2, -0.15) is 4.72 Å². The third-order valence-electron chi connectivity index (χ3n) is 2.10. The Morgan fingerprint density at radius 3 is 2.88 bits per heavy atom. The Morgan fingerprint density at radius 1 is 1.38 bits per heavy atom. The molecule has 5 heteroatoms. The molecular formula is C11H9NO2S2. The van der Waals surface area contributed by atoms with Crippen LogP contribution in [0.2, 0.25) is 0 Å². The predicted molar refractivity (Wildman–Crippen MR) is 65.8 cm³/mol. The van der Waals surface area contributed by atoms with Crippen LogP contribution in [-0.4, -0.2) is 15.0 Å². The first kappa shape index (κ1) is 11.1. The van der Waals surface area contributed by atoms with Crippen LogP contribution in [0.4, 0.5) is 0 Å². The smallest absolute Gasteiger partial charge is 0.207 e. The van der Waals surface area contributed by atoms with Crippen LogP contribution in [0.1, 0.15) is 0 Å². The molecule has 16 heavy (non-hydrogen) atoms. The molecule has 0 aliphatic rings. The molecule has 0 unspecified atom stereocenters. The molecule has 0 spiro atoms. The topological polar surface area (TPSA) is 46.2 Å². The number of rotatable bonds is 3. The molecule has 0 saturated heterocycles. The number of benzene rings is 1. The van der Waals surface area contributed by atoms with Gasteiger partial charge in [-0.05, 0) is 6.07 Å². The summed E-state index contributed by atoms with van der Waals surface area (Å²) in [6.45, 7) is 0.00646. The summed E-state index contributed by atoms with van der Waals surface area (Å²) in [5.74, 6) is 2.25. The van der Waals surface area contributed by atoms with Gasteiger partial charge in [0.2, 0.25) is 10.0 Å². The number of thiophene rings is 1. The van der Waals surface area contributed by atoms with Gasteiger partial charge in [-0.3, -0.25) is 0 Å². The van der Waals surface area contributed by atoms with Crippen LogP contribution in [-0.2, 0) is 10.0 Å². The quantitative estimate of drug-likeness (QED) is 0.846. The van der Waals surface area contributed by atoms with Gasteiger partial charge in [-0.1, -0.05) is 24.1 Å². The van der Waals surface area contributed by atoms with Gasteiger partial charge in [0.05, 0.1) is 6.54 Å². The van der Waals surface area contributed by atoms with Crippen molar-refractivity contribution in [3.63, 3.8) is 0 Å². The third-order valence-corrected chi connectivity index (χ3v) is 4.65. The van der Waals surface area contributed by atoms with Gasteiger partial charge in [0.15, 0.2) is 0 Å². The van der Waals surface area contributed by atoms with Crippen LogP contribution in [0.15, 0.2) is 34.5 Å². The van der Waals surface area contributed by atoms with Crippen molar-refractivity contribution in [3.05, 3.63) is 29.6 Å². The molecule has 2 rings (SSSR count). The summed E-state index contributed by atoms with van der Waals surface area (Å²) in [6, 6.07) is 7.37. The van der Waals surface area contributed by atoms with E-state index >= 15 is 0 Å². The van der Waals surface area contributed by atoms with Crippen molar-refractivity contribution in [2.24, 2.45) is 0 Å². The fourth-order valence-electron chi connectivity index (χ4n) is 1.38. The Hall–Kier alpha value is -1.35. The van der Waals surface area contributed by atoms with E-state index in [1.807, 2.05) is 18.2 Å². The normalized spacial score (nSPS) is 11.4. The van der Waals surface area contributed by atoms with Gasteiger partial charge in [0, 0.05) is 15.5 Å². The number of fused-ring (bicyclic) bond motifs is 1. The maximum Gasteiger partial charge on any atom is 0.242 e. The first-order valence-corrected chi connectivity index (χ1v) is 6.91. The standard InChI is InChI=1S/C11H9NO2S2/c1-2-7-12-16(13,14)11-8-15-10-6-4-3-5-9(10)11/h1,3-6,8,12H,7H2. The SMILES string of the molecule is C#CCNS(=O)(=O)c1csc2ccccc12. The third kappa shape index (κ3) is 1.95. The van der Waals surface area contributed by atoms with E-state index in [0.29, 0.717) is 4.90 Å². The maximum absolute atomic E-state index is 11.9. The van der Waals surface area contributed by atoms with Crippen LogP contribution in [0.5, 0.6) is 0 Å². The number of nitrogens with one attached hydrogen (secondary N) is 1. The fourth-order valence-corrected chi connectivity index (χ4v) is 3.81. The van der Waals surface area contributed by atoms with Crippen molar-refractivity contribution in [1.29, 1.82) is 0 Å². The van der Waals surface area contributed by atoms with E-state index in [9.17, 15) is 8.42 Å². The molecule has 1 N–H and O–H groups in total. The first-order valence-electron chi connectivity index (χ1n) is 4.54. The van der Waals surface area contributed by atoms with Crippen LogP contribution in [0.3, 0.4) is 0 Å². The molecule has 0 atom stereocenters. The molecule has 82 valence electrons. The van der Waals surface area contributed by atoms with Crippen molar-refractivity contribution in [1.82, 2.24) is 4.72 Å². The fraction of sp³-hybridized carbons (Fsp3) is 0.0909. The largest absolute Gasteiger partial charge is 0.242 e. The minimum Gasteiger partial charge on any atom is -0.207 e. The molecule has 0 aliphatic carbocycles. The van der Waals surface area contributed by atoms with Gasteiger partial charge in [0.1, 0.15) is 4.90 Å². The molecule has 0 fully saturated rings. The van der Waals surface area contributed by atoms with E-state index in [-0.39, 0.29) is 6.54 Å². The summed E-state index contributed by atoms with van der Waals surface area (Å²) in [7, 11) is -3.49. The highest BCUT2D eigenvalue weighted by Crippen LogP contribution is 2.28. The van der Waals surface area contributed by atoms with Crippen LogP contribution < -0.4 is 4.72 Å². The Bertz CT molecular complexity index is 650. The molecule has 0 radical (unpaired) electrons. The lowest BCUT2D eigenvalue weighted by molar-refractivity contribution is 0.587. The number of hydrogen-bond donors (Lipinski definition) is 1. The molecule has 0 saturated carbocycles. The Morgan fingerprint density at radius 2 is 2.12 bits per heavy atom. The number of terminal acetylenes is 1. The zero-order valence-electron chi connectivity index (χ0n) is 8.30. The van der Waals surface area contributed by atoms with Gasteiger partial charge >= 0.3 is 0 Å². The number of sulfonamides is 1. The van der Waals surface area contributed by atoms with E-state index in [2.05, 4.69) is 10.6 Å². The number of hydrogen-bond acceptors (Lipinski definition) is 3. The summed E-state index contributed by atoms with van der Waals surface area (Å²) >= 11 is 1.40. The summed E-state index contributed by atoms with van der Waals surface area (Å²) in [5.41, 5.74) is 0. The minimum atomic E-state index is -3.49. The van der Waals surface area contributed by atoms with E-state index in [1.54, 1.807) is 11.4 Å². The monoisotopic (exact) mass is 251 g/mol. The highest BCUT2D eigenvalue weighted by molar-refractivity contribution is 7.90. The zero-order chi connectivity index (χ0) is 11.6. The lowest BCUT2D eigenvalue weighted by Crippen LogP contribution is -2.23. The molecule has 0 aliphatic heterocycles. The van der Waals surface area contributed by atoms with Gasteiger partial charge in [0.25, 0.3) is 0 Å². The molecule has 3 nitrogen and oxygen atoms in total. The van der Waals surface area contributed by atoms with Crippen LogP contribution in [0, 0.1) is 12.3 Å². The van der Waals surface area contributed by atoms with E-state index in [0.717, 1.165) is 10.1 Å². The average molecular weight is 251 g/mol. The van der Waals surface area contributed by atoms with E-state index in [1.165, 1.54) is 11.3 Å². The average Bonchev–Trinajstić information content (AvgIpc) is 2.71. The van der Waals surface area contributed by atoms with Gasteiger partial charge in [-0.15, -0.1) is 17.8 Å². The molecule has 1 aromatic carbocycles. The predicted octanol–water partition coefficient (Wildman–Crippen LogP) is 1.81. The zero-order valence-corrected chi connectivity index (χ0v) is 9.94. The molecule has 1 aromatic heterocycles. The Balaban J connectivity index is 2.52. The molecule has 1 heterocycles. The van der Waals surface area contributed by atoms with E-state index < -0.39 is 10.0 Å². The summed E-state index contributed by atoms with van der Waals surface area (Å²) in [6.07, 6.45) is 5.03. The lowest BCUT2D eigenvalue weighted by atomic mass is 10.3. The Labute approximate surface area is 98.2 Å². The summed E-state index contributed by atoms with van der Waals surface area (Å²) < 4.78 is 27.0. The summed E-state index contributed by atoms with van der Waals surface area (Å²) in [4.78, 5) is 0.295. The van der Waals surface area contributed by atoms with E-state index in [4.69, 9.17) is 6.42 Å². The second kappa shape index (κ2) is 4.26. The molecular weight excluding hydrogens is 242 g/mol. The highest BCUT2D eigenvalue weighted by Gasteiger charge is 2.17.